The first-order chi connectivity index (χ1) is 38.0. The second-order valence-electron chi connectivity index (χ2n) is 32.2. The van der Waals surface area contributed by atoms with Gasteiger partial charge < -0.3 is 33.4 Å². The third kappa shape index (κ3) is 24.8. The van der Waals surface area contributed by atoms with Crippen LogP contribution in [0, 0.1) is 57.7 Å². The highest BCUT2D eigenvalue weighted by atomic mass is 128. The molecule has 6 aliphatic rings. The van der Waals surface area contributed by atoms with Crippen LogP contribution in [0.2, 0.25) is 50.9 Å². The first-order valence-electron chi connectivity index (χ1n) is 32.5. The fraction of sp³-hybridized carbons (Fsp3) is 0.829. The maximum Gasteiger partial charge on any atom is 0.270 e. The van der Waals surface area contributed by atoms with Gasteiger partial charge in [-0.1, -0.05) is 132 Å². The van der Waals surface area contributed by atoms with Crippen molar-refractivity contribution in [3.05, 3.63) is 59.3 Å². The van der Waals surface area contributed by atoms with Crippen molar-refractivity contribution in [2.24, 2.45) is 57.7 Å². The highest BCUT2D eigenvalue weighted by Gasteiger charge is 2.53. The summed E-state index contributed by atoms with van der Waals surface area (Å²) in [5, 5.41) is 30.4. The fourth-order valence-electron chi connectivity index (χ4n) is 15.4. The molecule has 0 spiro atoms. The van der Waals surface area contributed by atoms with Gasteiger partial charge in [-0.05, 0) is 242 Å². The number of ketones is 1. The Kier molecular flexibility index (Phi) is 32.0. The molecule has 0 bridgehead atoms. The molecule has 6 saturated carbocycles. The minimum absolute atomic E-state index is 0.00705. The molecule has 0 aromatic heterocycles. The zero-order chi connectivity index (χ0) is 63.9. The van der Waals surface area contributed by atoms with Gasteiger partial charge in [0.15, 0.2) is 16.6 Å². The average Bonchev–Trinajstić information content (AvgIpc) is 3.27. The lowest BCUT2D eigenvalue weighted by Gasteiger charge is -2.45. The van der Waals surface area contributed by atoms with Gasteiger partial charge >= 0.3 is 0 Å². The Balaban J connectivity index is 0.000000409. The van der Waals surface area contributed by atoms with E-state index < -0.39 is 43.1 Å². The van der Waals surface area contributed by atoms with Crippen LogP contribution in [-0.2, 0) is 22.9 Å². The molecule has 0 amide bonds. The SMILES string of the molecule is C=C1/C(=C\C=C2/CCC[C@@]3(C)C2CC[C@@H]3[C@H](C)CCCC(C)(C)O)C[C@H](O)C[C@@H]1O.C=C1/C(=C\CC=O)C[C@H](C(C)(C)C)C[C@@H]1O[Si](C)(C)C(C)(C)C.C[C@H](CCCC(C)(C)O[Si](C)(C)C)[C@H]1CCC2C(=O)CCC[C@@]21C.C[Si](C)=O.II. The molecule has 6 rings (SSSR count). The number of aldehydes is 1. The largest absolute Gasteiger partial charge is 0.413 e. The Hall–Kier alpha value is -0.249. The molecule has 0 aromatic rings. The predicted octanol–water partition coefficient (Wildman–Crippen LogP) is 20.3. The fourth-order valence-corrected chi connectivity index (χ4v) is 18.4. The number of aliphatic hydroxyl groups excluding tert-OH is 2. The van der Waals surface area contributed by atoms with Crippen LogP contribution in [0.1, 0.15) is 232 Å². The summed E-state index contributed by atoms with van der Waals surface area (Å²) in [6.07, 6.45) is 28.8. The van der Waals surface area contributed by atoms with E-state index >= 15 is 0 Å². The maximum absolute atomic E-state index is 12.3. The van der Waals surface area contributed by atoms with Crippen LogP contribution in [-0.4, -0.2) is 82.2 Å². The zero-order valence-corrected chi connectivity index (χ0v) is 64.3. The number of carbonyl (C=O) groups is 2. The predicted molar refractivity (Wildman–Crippen MR) is 377 cm³/mol. The van der Waals surface area contributed by atoms with E-state index in [2.05, 4.69) is 184 Å². The van der Waals surface area contributed by atoms with Crippen LogP contribution in [0.25, 0.3) is 0 Å². The molecule has 480 valence electrons. The van der Waals surface area contributed by atoms with Gasteiger partial charge in [0.25, 0.3) is 8.68 Å². The van der Waals surface area contributed by atoms with Crippen molar-refractivity contribution in [3.8, 4) is 0 Å². The van der Waals surface area contributed by atoms with Crippen LogP contribution < -0.4 is 0 Å². The number of hydrogen-bond acceptors (Lipinski definition) is 8. The second-order valence-corrected chi connectivity index (χ2v) is 43.2. The summed E-state index contributed by atoms with van der Waals surface area (Å²) in [4.78, 5) is 23.1. The average molecular weight is 1430 g/mol. The van der Waals surface area contributed by atoms with Gasteiger partial charge in [0.2, 0.25) is 0 Å². The second kappa shape index (κ2) is 33.7. The number of rotatable bonds is 17. The quantitative estimate of drug-likeness (QED) is 0.0746. The van der Waals surface area contributed by atoms with Gasteiger partial charge in [-0.25, -0.2) is 0 Å². The summed E-state index contributed by atoms with van der Waals surface area (Å²) in [6.45, 7) is 55.1. The van der Waals surface area contributed by atoms with E-state index in [0.29, 0.717) is 59.5 Å². The van der Waals surface area contributed by atoms with Crippen LogP contribution in [0.5, 0.6) is 0 Å². The van der Waals surface area contributed by atoms with E-state index in [0.717, 1.165) is 92.1 Å². The third-order valence-corrected chi connectivity index (χ3v) is 26.4. The summed E-state index contributed by atoms with van der Waals surface area (Å²) in [6, 6.07) is 0. The highest BCUT2D eigenvalue weighted by molar-refractivity contribution is 15.0. The number of fused-ring (bicyclic) bond motifs is 2. The Bertz CT molecular complexity index is 2190. The zero-order valence-electron chi connectivity index (χ0n) is 57.0. The molecule has 8 nitrogen and oxygen atoms in total. The number of carbonyl (C=O) groups excluding carboxylic acids is 2. The van der Waals surface area contributed by atoms with Gasteiger partial charge in [-0.3, -0.25) is 4.79 Å². The maximum atomic E-state index is 12.3. The number of aliphatic hydroxyl groups is 3. The molecule has 0 radical (unpaired) electrons. The van der Waals surface area contributed by atoms with Gasteiger partial charge in [-0.2, -0.15) is 0 Å². The van der Waals surface area contributed by atoms with E-state index in [9.17, 15) is 29.4 Å². The monoisotopic (exact) mass is 1430 g/mol. The summed E-state index contributed by atoms with van der Waals surface area (Å²) in [5.74, 6) is 5.06. The van der Waals surface area contributed by atoms with Gasteiger partial charge in [0.1, 0.15) is 12.1 Å². The summed E-state index contributed by atoms with van der Waals surface area (Å²) in [7, 11) is -4.45. The molecule has 2 unspecified atom stereocenters. The van der Waals surface area contributed by atoms with Gasteiger partial charge in [0, 0.05) is 62.4 Å². The molecule has 13 heteroatoms. The Morgan fingerprint density at radius 1 is 0.747 bits per heavy atom. The number of Topliss-reactive ketones (excluding diaryl/α,β-unsaturated/α-hetero) is 1. The molecular weight excluding hydrogens is 1310 g/mol. The van der Waals surface area contributed by atoms with Crippen LogP contribution in [0.15, 0.2) is 59.3 Å². The van der Waals surface area contributed by atoms with Crippen molar-refractivity contribution in [2.75, 3.05) is 0 Å². The van der Waals surface area contributed by atoms with Crippen LogP contribution in [0.4, 0.5) is 0 Å². The smallest absolute Gasteiger partial charge is 0.270 e. The van der Waals surface area contributed by atoms with Crippen molar-refractivity contribution >= 4 is 74.6 Å². The highest BCUT2D eigenvalue weighted by Crippen LogP contribution is 2.60. The van der Waals surface area contributed by atoms with Crippen molar-refractivity contribution < 1.29 is 38.2 Å². The van der Waals surface area contributed by atoms with Crippen molar-refractivity contribution in [1.29, 1.82) is 0 Å². The van der Waals surface area contributed by atoms with E-state index in [4.69, 9.17) is 8.85 Å². The van der Waals surface area contributed by atoms with Crippen LogP contribution >= 0.6 is 37.2 Å². The summed E-state index contributed by atoms with van der Waals surface area (Å²) >= 11 is 4.24. The third-order valence-electron chi connectivity index (χ3n) is 20.8. The minimum atomic E-state index is -1.84. The normalized spacial score (nSPS) is 31.0. The number of hydrogen-bond donors (Lipinski definition) is 3. The first kappa shape index (κ1) is 78.8. The first-order valence-corrected chi connectivity index (χ1v) is 47.5. The van der Waals surface area contributed by atoms with Crippen molar-refractivity contribution in [2.45, 2.75) is 312 Å². The topological polar surface area (TPSA) is 130 Å². The molecule has 0 saturated heterocycles. The Morgan fingerprint density at radius 3 is 1.75 bits per heavy atom. The number of allylic oxidation sites excluding steroid dienone is 4. The van der Waals surface area contributed by atoms with E-state index in [1.807, 2.05) is 13.8 Å². The molecule has 0 heterocycles. The van der Waals surface area contributed by atoms with E-state index in [1.165, 1.54) is 69.8 Å². The molecule has 6 aliphatic carbocycles. The van der Waals surface area contributed by atoms with E-state index in [-0.39, 0.29) is 22.2 Å². The van der Waals surface area contributed by atoms with Gasteiger partial charge in [0.05, 0.1) is 29.5 Å². The Morgan fingerprint density at radius 2 is 1.25 bits per heavy atom. The van der Waals surface area contributed by atoms with Gasteiger partial charge in [-0.15, -0.1) is 0 Å². The lowest BCUT2D eigenvalue weighted by atomic mass is 9.60. The number of halogens is 2. The molecule has 3 N–H and O–H groups in total. The Labute approximate surface area is 537 Å². The molecule has 83 heavy (non-hydrogen) atoms. The summed E-state index contributed by atoms with van der Waals surface area (Å²) < 4.78 is 22.7. The molecule has 12 atom stereocenters. The lowest BCUT2D eigenvalue weighted by Crippen LogP contribution is -2.46. The van der Waals surface area contributed by atoms with Crippen LogP contribution in [0.3, 0.4) is 0 Å². The standard InChI is InChI=1S/C27H44O3.C21H40O2Si.C20H36O2Si.C2H6OSi.I2/c1-18(8-6-14-26(3,4)30)23-12-13-24-20(9-7-15-27(23,24)5)10-11-21-16-22(28)17-25(29)19(21)2;1-16(10-8-14-20(2,3)23-24(5,6)7)17-12-13-18-19(22)11-9-15-21(17,18)4;1-15-16(11-10-12-21)13-17(19(2,3)4)14-18(15)22-23(8,9)20(5,6)7;1-4(2)3;1-2/h10-11,18,22-25,28-30H,2,6-9,12-17H2,1,3-5H3;16-18H,8-15H2,1-7H3;11-12,17-18H,1,10,13-14H2,2-9H3;1-2H3;/b20-10+,21-11-;;16-11-;;/t18-,22+,23-,24?,25+,27-;16-,17-,18?,21-;17-,18-;;/m110../s1. The molecule has 6 fully saturated rings. The molecular formula is C70H126I2O8Si3. The minimum Gasteiger partial charge on any atom is -0.413 e. The lowest BCUT2D eigenvalue weighted by molar-refractivity contribution is -0.130. The molecule has 0 aromatic carbocycles. The van der Waals surface area contributed by atoms with Crippen molar-refractivity contribution in [1.82, 2.24) is 0 Å². The van der Waals surface area contributed by atoms with Crippen molar-refractivity contribution in [3.63, 3.8) is 0 Å². The van der Waals surface area contributed by atoms with E-state index in [1.54, 1.807) is 18.7 Å². The molecule has 0 aliphatic heterocycles. The summed E-state index contributed by atoms with van der Waals surface area (Å²) in [5.41, 5.74) is 6.02.